The third-order valence-corrected chi connectivity index (χ3v) is 5.83. The predicted molar refractivity (Wildman–Crippen MR) is 110 cm³/mol. The second-order valence-electron chi connectivity index (χ2n) is 6.58. The van der Waals surface area contributed by atoms with Crippen LogP contribution < -0.4 is 9.47 Å². The number of aryl methyl sites for hydroxylation is 3. The quantitative estimate of drug-likeness (QED) is 0.441. The summed E-state index contributed by atoms with van der Waals surface area (Å²) >= 11 is 1.57. The van der Waals surface area contributed by atoms with Crippen LogP contribution in [0.1, 0.15) is 23.3 Å². The molecule has 6 nitrogen and oxygen atoms in total. The molecule has 27 heavy (non-hydrogen) atoms. The van der Waals surface area contributed by atoms with E-state index in [1.54, 1.807) is 11.3 Å². The monoisotopic (exact) mass is 383 g/mol. The summed E-state index contributed by atoms with van der Waals surface area (Å²) in [7, 11) is 2.07. The van der Waals surface area contributed by atoms with Gasteiger partial charge in [0, 0.05) is 24.0 Å². The van der Waals surface area contributed by atoms with Gasteiger partial charge in [0.2, 0.25) is 5.13 Å². The molecule has 0 aliphatic heterocycles. The summed E-state index contributed by atoms with van der Waals surface area (Å²) in [5, 5.41) is 9.27. The summed E-state index contributed by atoms with van der Waals surface area (Å²) in [4.78, 5) is 7.95. The number of rotatable bonds is 7. The van der Waals surface area contributed by atoms with E-state index in [1.807, 2.05) is 19.1 Å². The van der Waals surface area contributed by atoms with E-state index in [1.165, 1.54) is 16.4 Å². The molecule has 142 valence electrons. The van der Waals surface area contributed by atoms with Gasteiger partial charge in [-0.2, -0.15) is 0 Å². The fourth-order valence-corrected chi connectivity index (χ4v) is 3.59. The normalized spacial score (nSPS) is 11.4. The molecule has 0 saturated carbocycles. The Labute approximate surface area is 164 Å². The lowest BCUT2D eigenvalue weighted by molar-refractivity contribution is -0.677. The summed E-state index contributed by atoms with van der Waals surface area (Å²) < 4.78 is 4.42. The molecule has 0 fully saturated rings. The third kappa shape index (κ3) is 4.60. The molecule has 7 heteroatoms. The molecule has 0 amide bonds. The molecule has 0 unspecified atom stereocenters. The minimum atomic E-state index is 0.708. The van der Waals surface area contributed by atoms with Crippen LogP contribution in [0.5, 0.6) is 0 Å². The van der Waals surface area contributed by atoms with E-state index < -0.39 is 0 Å². The van der Waals surface area contributed by atoms with E-state index in [0.717, 1.165) is 31.0 Å². The molecule has 0 bridgehead atoms. The van der Waals surface area contributed by atoms with E-state index in [9.17, 15) is 0 Å². The Hall–Kier alpha value is -2.54. The number of likely N-dealkylation sites (N-methyl/N-ethyl adjacent to an activating group) is 1. The minimum Gasteiger partial charge on any atom is -0.368 e. The average Bonchev–Trinajstić information content (AvgIpc) is 3.16. The first-order valence-electron chi connectivity index (χ1n) is 9.20. The van der Waals surface area contributed by atoms with E-state index in [0.29, 0.717) is 5.13 Å². The zero-order valence-corrected chi connectivity index (χ0v) is 17.5. The molecule has 2 heterocycles. The van der Waals surface area contributed by atoms with Crippen molar-refractivity contribution < 1.29 is 4.57 Å². The fraction of sp³-hybridized carbons (Fsp3) is 0.400. The van der Waals surface area contributed by atoms with Crippen molar-refractivity contribution in [3.63, 3.8) is 0 Å². The van der Waals surface area contributed by atoms with Gasteiger partial charge in [-0.05, 0) is 45.0 Å². The van der Waals surface area contributed by atoms with Crippen LogP contribution in [0, 0.1) is 20.8 Å². The second-order valence-corrected chi connectivity index (χ2v) is 7.77. The molecular formula is C20H27N6S+. The van der Waals surface area contributed by atoms with Crippen molar-refractivity contribution in [2.45, 2.75) is 34.2 Å². The summed E-state index contributed by atoms with van der Waals surface area (Å²) in [5.41, 5.74) is 3.06. The number of nitrogens with zero attached hydrogens (tertiary/aromatic N) is 6. The van der Waals surface area contributed by atoms with Gasteiger partial charge >= 0.3 is 0 Å². The molecule has 0 saturated heterocycles. The number of anilines is 1. The number of aromatic nitrogens is 3. The van der Waals surface area contributed by atoms with Crippen LogP contribution in [0.15, 0.2) is 46.9 Å². The maximum atomic E-state index is 4.39. The zero-order chi connectivity index (χ0) is 19.4. The van der Waals surface area contributed by atoms with Gasteiger partial charge in [0.05, 0.1) is 25.0 Å². The van der Waals surface area contributed by atoms with Crippen molar-refractivity contribution in [3.8, 4) is 0 Å². The smallest absolute Gasteiger partial charge is 0.253 e. The first kappa shape index (κ1) is 19.2. The first-order valence-corrected chi connectivity index (χ1v) is 10.0. The van der Waals surface area contributed by atoms with Crippen LogP contribution in [0.3, 0.4) is 0 Å². The molecule has 0 atom stereocenters. The van der Waals surface area contributed by atoms with Crippen LogP contribution in [-0.4, -0.2) is 22.6 Å². The Kier molecular flexibility index (Phi) is 6.01. The third-order valence-electron chi connectivity index (χ3n) is 4.87. The van der Waals surface area contributed by atoms with E-state index in [2.05, 4.69) is 81.6 Å². The lowest BCUT2D eigenvalue weighted by atomic mass is 10.2. The Morgan fingerprint density at radius 3 is 2.44 bits per heavy atom. The molecule has 0 aliphatic carbocycles. The van der Waals surface area contributed by atoms with Crippen molar-refractivity contribution in [1.82, 2.24) is 9.55 Å². The number of imidazole rings is 1. The van der Waals surface area contributed by atoms with E-state index >= 15 is 0 Å². The van der Waals surface area contributed by atoms with Crippen molar-refractivity contribution in [1.29, 1.82) is 0 Å². The fourth-order valence-electron chi connectivity index (χ4n) is 2.86. The highest BCUT2D eigenvalue weighted by atomic mass is 32.1. The molecular weight excluding hydrogens is 356 g/mol. The van der Waals surface area contributed by atoms with Gasteiger partial charge in [0.15, 0.2) is 0 Å². The Balaban J connectivity index is 1.64. The van der Waals surface area contributed by atoms with Gasteiger partial charge in [-0.25, -0.2) is 14.1 Å². The summed E-state index contributed by atoms with van der Waals surface area (Å²) in [6, 6.07) is 8.24. The SMILES string of the molecule is CCN(CCn1cc[n+](C)c1C)c1ccc(/N=N/c2nc(C)c(C)s2)cc1. The molecule has 0 spiro atoms. The Morgan fingerprint density at radius 1 is 1.15 bits per heavy atom. The van der Waals surface area contributed by atoms with Gasteiger partial charge in [0.25, 0.3) is 5.82 Å². The molecule has 0 radical (unpaired) electrons. The van der Waals surface area contributed by atoms with Crippen LogP contribution >= 0.6 is 11.3 Å². The van der Waals surface area contributed by atoms with E-state index in [4.69, 9.17) is 0 Å². The summed E-state index contributed by atoms with van der Waals surface area (Å²) in [6.45, 7) is 11.3. The maximum Gasteiger partial charge on any atom is 0.253 e. The zero-order valence-electron chi connectivity index (χ0n) is 16.7. The average molecular weight is 384 g/mol. The van der Waals surface area contributed by atoms with Gasteiger partial charge in [-0.3, -0.25) is 0 Å². The molecule has 0 N–H and O–H groups in total. The highest BCUT2D eigenvalue weighted by Gasteiger charge is 2.11. The summed E-state index contributed by atoms with van der Waals surface area (Å²) in [6.07, 6.45) is 4.23. The van der Waals surface area contributed by atoms with Gasteiger partial charge in [0.1, 0.15) is 18.9 Å². The van der Waals surface area contributed by atoms with E-state index in [-0.39, 0.29) is 0 Å². The van der Waals surface area contributed by atoms with Crippen LogP contribution in [0.2, 0.25) is 0 Å². The standard InChI is InChI=1S/C20H27N6S/c1-6-25(13-14-26-12-11-24(5)17(26)4)19-9-7-18(8-10-19)22-23-20-21-15(2)16(3)27-20/h7-12H,6,13-14H2,1-5H3/q+1/b23-22+. The number of benzene rings is 1. The first-order chi connectivity index (χ1) is 13.0. The minimum absolute atomic E-state index is 0.708. The number of thiazole rings is 1. The number of hydrogen-bond donors (Lipinski definition) is 0. The topological polar surface area (TPSA) is 49.7 Å². The number of hydrogen-bond acceptors (Lipinski definition) is 5. The molecule has 0 aliphatic rings. The van der Waals surface area contributed by atoms with Gasteiger partial charge in [-0.1, -0.05) is 11.3 Å². The molecule has 3 aromatic rings. The van der Waals surface area contributed by atoms with Crippen molar-refractivity contribution in [2.75, 3.05) is 18.0 Å². The summed E-state index contributed by atoms with van der Waals surface area (Å²) in [5.74, 6) is 1.26. The van der Waals surface area contributed by atoms with Crippen molar-refractivity contribution >= 4 is 27.8 Å². The molecule has 1 aromatic carbocycles. The highest BCUT2D eigenvalue weighted by molar-refractivity contribution is 7.15. The Bertz CT molecular complexity index is 903. The predicted octanol–water partition coefficient (Wildman–Crippen LogP) is 4.64. The van der Waals surface area contributed by atoms with Crippen molar-refractivity contribution in [3.05, 3.63) is 53.1 Å². The lowest BCUT2D eigenvalue weighted by Crippen LogP contribution is -2.31. The highest BCUT2D eigenvalue weighted by Crippen LogP contribution is 2.27. The Morgan fingerprint density at radius 2 is 1.89 bits per heavy atom. The molecule has 2 aromatic heterocycles. The van der Waals surface area contributed by atoms with Crippen LogP contribution in [0.25, 0.3) is 0 Å². The second kappa shape index (κ2) is 8.43. The maximum absolute atomic E-state index is 4.39. The largest absolute Gasteiger partial charge is 0.368 e. The molecule has 3 rings (SSSR count). The van der Waals surface area contributed by atoms with Gasteiger partial charge < -0.3 is 4.90 Å². The van der Waals surface area contributed by atoms with Crippen molar-refractivity contribution in [2.24, 2.45) is 17.3 Å². The van der Waals surface area contributed by atoms with Gasteiger partial charge in [-0.15, -0.1) is 10.2 Å². The van der Waals surface area contributed by atoms with Crippen LogP contribution in [-0.2, 0) is 13.6 Å². The lowest BCUT2D eigenvalue weighted by Gasteiger charge is -2.22. The van der Waals surface area contributed by atoms with Crippen LogP contribution in [0.4, 0.5) is 16.5 Å². The number of azo groups is 1.